The number of ether oxygens (including phenoxy) is 2. The Balaban J connectivity index is 3.82. The van der Waals surface area contributed by atoms with E-state index in [-0.39, 0.29) is 13.0 Å². The van der Waals surface area contributed by atoms with Gasteiger partial charge in [0, 0.05) is 0 Å². The third kappa shape index (κ3) is 5.20. The monoisotopic (exact) mass is 198 g/mol. The number of terminal acetylenes is 1. The molecule has 0 rings (SSSR count). The lowest BCUT2D eigenvalue weighted by Gasteiger charge is -2.08. The van der Waals surface area contributed by atoms with Crippen molar-refractivity contribution >= 4 is 11.9 Å². The van der Waals surface area contributed by atoms with E-state index in [2.05, 4.69) is 10.7 Å². The summed E-state index contributed by atoms with van der Waals surface area (Å²) in [6.45, 7) is 3.56. The van der Waals surface area contributed by atoms with Gasteiger partial charge >= 0.3 is 11.9 Å². The minimum absolute atomic E-state index is 0.000509. The van der Waals surface area contributed by atoms with Gasteiger partial charge in [-0.3, -0.25) is 9.59 Å². The van der Waals surface area contributed by atoms with Gasteiger partial charge < -0.3 is 9.47 Å². The highest BCUT2D eigenvalue weighted by atomic mass is 16.5. The largest absolute Gasteiger partial charge is 0.466 e. The normalized spacial score (nSPS) is 11.2. The van der Waals surface area contributed by atoms with Crippen LogP contribution in [-0.2, 0) is 19.1 Å². The van der Waals surface area contributed by atoms with Crippen molar-refractivity contribution in [3.63, 3.8) is 0 Å². The maximum Gasteiger partial charge on any atom is 0.309 e. The van der Waals surface area contributed by atoms with E-state index in [1.807, 2.05) is 0 Å². The Morgan fingerprint density at radius 2 is 2.07 bits per heavy atom. The molecule has 14 heavy (non-hydrogen) atoms. The summed E-state index contributed by atoms with van der Waals surface area (Å²) in [5.74, 6) is 0.800. The molecule has 0 saturated carbocycles. The van der Waals surface area contributed by atoms with Gasteiger partial charge in [0.1, 0.15) is 0 Å². The number of rotatable bonds is 5. The number of esters is 2. The Kier molecular flexibility index (Phi) is 6.21. The summed E-state index contributed by atoms with van der Waals surface area (Å²) in [7, 11) is 0. The lowest BCUT2D eigenvalue weighted by Crippen LogP contribution is -2.19. The third-order valence-corrected chi connectivity index (χ3v) is 1.48. The van der Waals surface area contributed by atoms with Gasteiger partial charge in [-0.2, -0.15) is 0 Å². The highest BCUT2D eigenvalue weighted by Gasteiger charge is 2.18. The molecule has 0 heterocycles. The molecular weight excluding hydrogens is 184 g/mol. The molecule has 0 N–H and O–H groups in total. The number of hydrogen-bond acceptors (Lipinski definition) is 4. The van der Waals surface area contributed by atoms with E-state index in [1.54, 1.807) is 13.8 Å². The molecule has 1 unspecified atom stereocenters. The predicted octanol–water partition coefficient (Wildman–Crippen LogP) is 0.752. The molecule has 0 aromatic rings. The molecule has 0 aliphatic rings. The van der Waals surface area contributed by atoms with Crippen LogP contribution in [0, 0.1) is 18.3 Å². The van der Waals surface area contributed by atoms with E-state index in [1.165, 1.54) is 0 Å². The van der Waals surface area contributed by atoms with E-state index >= 15 is 0 Å². The molecule has 0 saturated heterocycles. The van der Waals surface area contributed by atoms with Crippen molar-refractivity contribution in [1.82, 2.24) is 0 Å². The molecule has 0 aromatic heterocycles. The zero-order chi connectivity index (χ0) is 11.0. The quantitative estimate of drug-likeness (QED) is 0.483. The maximum absolute atomic E-state index is 11.1. The first kappa shape index (κ1) is 12.5. The van der Waals surface area contributed by atoms with Gasteiger partial charge in [0.15, 0.2) is 6.61 Å². The summed E-state index contributed by atoms with van der Waals surface area (Å²) in [4.78, 5) is 22.1. The van der Waals surface area contributed by atoms with Gasteiger partial charge in [-0.05, 0) is 6.92 Å². The summed E-state index contributed by atoms with van der Waals surface area (Å²) >= 11 is 0. The SMILES string of the molecule is C#CCOC(=O)CC(C)C(=O)OCC. The van der Waals surface area contributed by atoms with Crippen molar-refractivity contribution < 1.29 is 19.1 Å². The third-order valence-electron chi connectivity index (χ3n) is 1.48. The van der Waals surface area contributed by atoms with Gasteiger partial charge in [0.25, 0.3) is 0 Å². The van der Waals surface area contributed by atoms with Gasteiger partial charge in [-0.15, -0.1) is 6.42 Å². The Morgan fingerprint density at radius 3 is 2.57 bits per heavy atom. The Hall–Kier alpha value is -1.50. The van der Waals surface area contributed by atoms with E-state index in [0.717, 1.165) is 0 Å². The van der Waals surface area contributed by atoms with Crippen LogP contribution in [0.1, 0.15) is 20.3 Å². The van der Waals surface area contributed by atoms with Crippen LogP contribution in [0.15, 0.2) is 0 Å². The molecular formula is C10H14O4. The summed E-state index contributed by atoms with van der Waals surface area (Å²) in [5.41, 5.74) is 0. The van der Waals surface area contributed by atoms with Crippen LogP contribution < -0.4 is 0 Å². The van der Waals surface area contributed by atoms with Crippen LogP contribution >= 0.6 is 0 Å². The first-order valence-electron chi connectivity index (χ1n) is 4.37. The van der Waals surface area contributed by atoms with Crippen molar-refractivity contribution in [3.05, 3.63) is 0 Å². The van der Waals surface area contributed by atoms with Crippen LogP contribution in [0.3, 0.4) is 0 Å². The average Bonchev–Trinajstić information content (AvgIpc) is 2.15. The molecule has 0 aliphatic heterocycles. The van der Waals surface area contributed by atoms with Crippen molar-refractivity contribution in [2.24, 2.45) is 5.92 Å². The van der Waals surface area contributed by atoms with Crippen molar-refractivity contribution in [3.8, 4) is 12.3 Å². The fourth-order valence-corrected chi connectivity index (χ4v) is 0.799. The molecule has 0 aromatic carbocycles. The number of carbonyl (C=O) groups excluding carboxylic acids is 2. The van der Waals surface area contributed by atoms with Crippen LogP contribution in [0.2, 0.25) is 0 Å². The molecule has 78 valence electrons. The molecule has 4 nitrogen and oxygen atoms in total. The predicted molar refractivity (Wildman–Crippen MR) is 50.2 cm³/mol. The van der Waals surface area contributed by atoms with E-state index in [9.17, 15) is 9.59 Å². The van der Waals surface area contributed by atoms with E-state index in [4.69, 9.17) is 11.2 Å². The van der Waals surface area contributed by atoms with Gasteiger partial charge in [0.05, 0.1) is 18.9 Å². The Labute approximate surface area is 83.6 Å². The van der Waals surface area contributed by atoms with Gasteiger partial charge in [-0.1, -0.05) is 12.8 Å². The summed E-state index contributed by atoms with van der Waals surface area (Å²) in [6.07, 6.45) is 4.90. The zero-order valence-corrected chi connectivity index (χ0v) is 8.41. The van der Waals surface area contributed by atoms with Crippen molar-refractivity contribution in [1.29, 1.82) is 0 Å². The number of hydrogen-bond donors (Lipinski definition) is 0. The second-order valence-electron chi connectivity index (χ2n) is 2.72. The fourth-order valence-electron chi connectivity index (χ4n) is 0.799. The molecule has 0 fully saturated rings. The van der Waals surface area contributed by atoms with Crippen LogP contribution in [0.25, 0.3) is 0 Å². The van der Waals surface area contributed by atoms with Gasteiger partial charge in [-0.25, -0.2) is 0 Å². The lowest BCUT2D eigenvalue weighted by molar-refractivity contribution is -0.153. The molecule has 0 bridgehead atoms. The number of carbonyl (C=O) groups is 2. The van der Waals surface area contributed by atoms with Crippen molar-refractivity contribution in [2.75, 3.05) is 13.2 Å². The maximum atomic E-state index is 11.1. The van der Waals surface area contributed by atoms with Crippen LogP contribution in [-0.4, -0.2) is 25.2 Å². The first-order valence-corrected chi connectivity index (χ1v) is 4.37. The van der Waals surface area contributed by atoms with Crippen molar-refractivity contribution in [2.45, 2.75) is 20.3 Å². The van der Waals surface area contributed by atoms with E-state index in [0.29, 0.717) is 6.61 Å². The second kappa shape index (κ2) is 6.96. The highest BCUT2D eigenvalue weighted by Crippen LogP contribution is 2.05. The average molecular weight is 198 g/mol. The molecule has 0 spiro atoms. The zero-order valence-electron chi connectivity index (χ0n) is 8.41. The molecule has 0 radical (unpaired) electrons. The smallest absolute Gasteiger partial charge is 0.309 e. The molecule has 4 heteroatoms. The van der Waals surface area contributed by atoms with Crippen LogP contribution in [0.4, 0.5) is 0 Å². The fraction of sp³-hybridized carbons (Fsp3) is 0.600. The molecule has 0 aliphatic carbocycles. The topological polar surface area (TPSA) is 52.6 Å². The molecule has 0 amide bonds. The minimum Gasteiger partial charge on any atom is -0.466 e. The van der Waals surface area contributed by atoms with Crippen LogP contribution in [0.5, 0.6) is 0 Å². The highest BCUT2D eigenvalue weighted by molar-refractivity contribution is 5.79. The Morgan fingerprint density at radius 1 is 1.43 bits per heavy atom. The lowest BCUT2D eigenvalue weighted by atomic mass is 10.1. The standard InChI is InChI=1S/C10H14O4/c1-4-6-14-9(11)7-8(3)10(12)13-5-2/h1,8H,5-7H2,2-3H3. The summed E-state index contributed by atoms with van der Waals surface area (Å²) in [5, 5.41) is 0. The first-order chi connectivity index (χ1) is 6.61. The second-order valence-corrected chi connectivity index (χ2v) is 2.72. The minimum atomic E-state index is -0.486. The molecule has 1 atom stereocenters. The summed E-state index contributed by atoms with van der Waals surface area (Å²) < 4.78 is 9.33. The van der Waals surface area contributed by atoms with E-state index < -0.39 is 17.9 Å². The van der Waals surface area contributed by atoms with Gasteiger partial charge in [0.2, 0.25) is 0 Å². The summed E-state index contributed by atoms with van der Waals surface area (Å²) in [6, 6.07) is 0. The Bertz CT molecular complexity index is 239.